The molecule has 0 heterocycles. The molecule has 0 bridgehead atoms. The Morgan fingerprint density at radius 2 is 1.32 bits per heavy atom. The van der Waals surface area contributed by atoms with Gasteiger partial charge in [0.1, 0.15) is 0 Å². The third-order valence-electron chi connectivity index (χ3n) is 2.16. The van der Waals surface area contributed by atoms with E-state index in [0.717, 1.165) is 38.9 Å². The molecule has 0 aromatic heterocycles. The molecule has 0 radical (unpaired) electrons. The first-order chi connectivity index (χ1) is 9.22. The number of aliphatic hydroxyl groups excluding tert-OH is 3. The molecule has 3 N–H and O–H groups in total. The predicted molar refractivity (Wildman–Crippen MR) is 71.8 cm³/mol. The van der Waals surface area contributed by atoms with Gasteiger partial charge < -0.3 is 24.8 Å². The van der Waals surface area contributed by atoms with Gasteiger partial charge in [0, 0.05) is 39.5 Å². The van der Waals surface area contributed by atoms with Crippen molar-refractivity contribution < 1.29 is 29.6 Å². The van der Waals surface area contributed by atoms with Crippen LogP contribution in [0, 0.1) is 0 Å². The highest BCUT2D eigenvalue weighted by Gasteiger charge is 1.95. The van der Waals surface area contributed by atoms with E-state index >= 15 is 0 Å². The van der Waals surface area contributed by atoms with Crippen molar-refractivity contribution in [3.8, 4) is 0 Å². The summed E-state index contributed by atoms with van der Waals surface area (Å²) in [7, 11) is 1.33. The molecule has 0 aromatic carbocycles. The van der Waals surface area contributed by atoms with Crippen LogP contribution in [-0.2, 0) is 14.3 Å². The molecule has 0 saturated heterocycles. The molecular weight excluding hydrogens is 252 g/mol. The monoisotopic (exact) mass is 280 g/mol. The van der Waals surface area contributed by atoms with Crippen molar-refractivity contribution in [2.75, 3.05) is 40.1 Å². The van der Waals surface area contributed by atoms with Gasteiger partial charge in [0.25, 0.3) is 0 Å². The minimum absolute atomic E-state index is 0.0507. The van der Waals surface area contributed by atoms with Gasteiger partial charge in [-0.05, 0) is 32.1 Å². The van der Waals surface area contributed by atoms with E-state index in [-0.39, 0.29) is 25.8 Å². The van der Waals surface area contributed by atoms with Gasteiger partial charge in [-0.3, -0.25) is 4.79 Å². The van der Waals surface area contributed by atoms with Crippen molar-refractivity contribution in [3.05, 3.63) is 0 Å². The Kier molecular flexibility index (Phi) is 21.3. The lowest BCUT2D eigenvalue weighted by molar-refractivity contribution is -0.140. The fourth-order valence-electron chi connectivity index (χ4n) is 1.06. The molecular formula is C13H28O6. The maximum atomic E-state index is 10.2. The number of methoxy groups -OCH3 is 1. The standard InChI is InChI=1S/C8H18O3.C5H10O3/c9-5-1-3-7-11-8-4-2-6-10;1-8-5(7)3-2-4-6/h9-10H,1-8H2;6H,2-4H2,1H3. The van der Waals surface area contributed by atoms with Crippen LogP contribution in [0.2, 0.25) is 0 Å². The van der Waals surface area contributed by atoms with Crippen LogP contribution in [0.25, 0.3) is 0 Å². The fourth-order valence-corrected chi connectivity index (χ4v) is 1.06. The molecule has 0 aliphatic carbocycles. The van der Waals surface area contributed by atoms with Crippen molar-refractivity contribution in [2.45, 2.75) is 38.5 Å². The molecule has 0 aromatic rings. The van der Waals surface area contributed by atoms with Crippen LogP contribution < -0.4 is 0 Å². The normalized spacial score (nSPS) is 9.68. The first-order valence-corrected chi connectivity index (χ1v) is 6.70. The van der Waals surface area contributed by atoms with Gasteiger partial charge in [0.15, 0.2) is 0 Å². The number of unbranched alkanes of at least 4 members (excludes halogenated alkanes) is 2. The largest absolute Gasteiger partial charge is 0.469 e. The second kappa shape index (κ2) is 19.6. The summed E-state index contributed by atoms with van der Waals surface area (Å²) < 4.78 is 9.52. The average Bonchev–Trinajstić information content (AvgIpc) is 2.44. The Labute approximate surface area is 115 Å². The molecule has 0 spiro atoms. The number of hydrogen-bond donors (Lipinski definition) is 3. The highest BCUT2D eigenvalue weighted by Crippen LogP contribution is 1.92. The number of ether oxygens (including phenoxy) is 2. The van der Waals surface area contributed by atoms with Crippen LogP contribution in [0.5, 0.6) is 0 Å². The summed E-state index contributed by atoms with van der Waals surface area (Å²) in [5.74, 6) is -0.265. The first-order valence-electron chi connectivity index (χ1n) is 6.70. The summed E-state index contributed by atoms with van der Waals surface area (Å²) in [6.07, 6.45) is 4.30. The van der Waals surface area contributed by atoms with Crippen LogP contribution in [0.15, 0.2) is 0 Å². The van der Waals surface area contributed by atoms with E-state index in [4.69, 9.17) is 20.1 Å². The van der Waals surface area contributed by atoms with Gasteiger partial charge in [-0.15, -0.1) is 0 Å². The topological polar surface area (TPSA) is 96.2 Å². The number of esters is 1. The number of rotatable bonds is 11. The van der Waals surface area contributed by atoms with Gasteiger partial charge in [0.05, 0.1) is 7.11 Å². The molecule has 0 amide bonds. The van der Waals surface area contributed by atoms with Gasteiger partial charge in [0.2, 0.25) is 0 Å². The quantitative estimate of drug-likeness (QED) is 0.376. The summed E-state index contributed by atoms with van der Waals surface area (Å²) in [6, 6.07) is 0. The minimum Gasteiger partial charge on any atom is -0.469 e. The summed E-state index contributed by atoms with van der Waals surface area (Å²) in [4.78, 5) is 10.2. The molecule has 0 saturated carbocycles. The summed E-state index contributed by atoms with van der Waals surface area (Å²) in [6.45, 7) is 2.01. The molecule has 0 aliphatic rings. The molecule has 0 atom stereocenters. The van der Waals surface area contributed by atoms with Gasteiger partial charge >= 0.3 is 5.97 Å². The predicted octanol–water partition coefficient (Wildman–Crippen LogP) is 0.480. The lowest BCUT2D eigenvalue weighted by Gasteiger charge is -2.01. The van der Waals surface area contributed by atoms with Gasteiger partial charge in [-0.25, -0.2) is 0 Å². The SMILES string of the molecule is COC(=O)CCCO.OCCCCOCCCCO. The van der Waals surface area contributed by atoms with E-state index in [1.165, 1.54) is 7.11 Å². The van der Waals surface area contributed by atoms with E-state index in [1.807, 2.05) is 0 Å². The molecule has 6 nitrogen and oxygen atoms in total. The van der Waals surface area contributed by atoms with Crippen LogP contribution >= 0.6 is 0 Å². The van der Waals surface area contributed by atoms with E-state index in [9.17, 15) is 4.79 Å². The Bertz CT molecular complexity index is 167. The zero-order valence-electron chi connectivity index (χ0n) is 11.8. The molecule has 0 rings (SSSR count). The smallest absolute Gasteiger partial charge is 0.305 e. The van der Waals surface area contributed by atoms with Crippen LogP contribution in [-0.4, -0.2) is 61.4 Å². The van der Waals surface area contributed by atoms with E-state index < -0.39 is 0 Å². The zero-order valence-corrected chi connectivity index (χ0v) is 11.8. The van der Waals surface area contributed by atoms with Crippen molar-refractivity contribution in [2.24, 2.45) is 0 Å². The average molecular weight is 280 g/mol. The van der Waals surface area contributed by atoms with Gasteiger partial charge in [-0.1, -0.05) is 0 Å². The maximum absolute atomic E-state index is 10.2. The minimum atomic E-state index is -0.265. The Hall–Kier alpha value is -0.690. The first kappa shape index (κ1) is 20.6. The van der Waals surface area contributed by atoms with Gasteiger partial charge in [-0.2, -0.15) is 0 Å². The third-order valence-corrected chi connectivity index (χ3v) is 2.16. The van der Waals surface area contributed by atoms with Crippen molar-refractivity contribution in [1.29, 1.82) is 0 Å². The lowest BCUT2D eigenvalue weighted by atomic mass is 10.3. The van der Waals surface area contributed by atoms with Crippen LogP contribution in [0.4, 0.5) is 0 Å². The highest BCUT2D eigenvalue weighted by molar-refractivity contribution is 5.68. The van der Waals surface area contributed by atoms with E-state index in [0.29, 0.717) is 12.8 Å². The number of hydrogen-bond acceptors (Lipinski definition) is 6. The molecule has 0 fully saturated rings. The number of aliphatic hydroxyl groups is 3. The molecule has 19 heavy (non-hydrogen) atoms. The Balaban J connectivity index is 0. The fraction of sp³-hybridized carbons (Fsp3) is 0.923. The molecule has 6 heteroatoms. The highest BCUT2D eigenvalue weighted by atomic mass is 16.5. The maximum Gasteiger partial charge on any atom is 0.305 e. The molecule has 0 aliphatic heterocycles. The summed E-state index contributed by atoms with van der Waals surface area (Å²) in [5, 5.41) is 25.0. The third kappa shape index (κ3) is 22.9. The molecule has 0 unspecified atom stereocenters. The zero-order chi connectivity index (χ0) is 14.8. The van der Waals surface area contributed by atoms with Crippen molar-refractivity contribution >= 4 is 5.97 Å². The molecule has 116 valence electrons. The van der Waals surface area contributed by atoms with Crippen molar-refractivity contribution in [3.63, 3.8) is 0 Å². The summed E-state index contributed by atoms with van der Waals surface area (Å²) >= 11 is 0. The lowest BCUT2D eigenvalue weighted by Crippen LogP contribution is -2.00. The Morgan fingerprint density at radius 1 is 0.842 bits per heavy atom. The Morgan fingerprint density at radius 3 is 1.68 bits per heavy atom. The van der Waals surface area contributed by atoms with E-state index in [1.54, 1.807) is 0 Å². The second-order valence-electron chi connectivity index (χ2n) is 3.88. The summed E-state index contributed by atoms with van der Waals surface area (Å²) in [5.41, 5.74) is 0. The van der Waals surface area contributed by atoms with Crippen LogP contribution in [0.1, 0.15) is 38.5 Å². The van der Waals surface area contributed by atoms with Crippen molar-refractivity contribution in [1.82, 2.24) is 0 Å². The van der Waals surface area contributed by atoms with Crippen LogP contribution in [0.3, 0.4) is 0 Å². The van der Waals surface area contributed by atoms with E-state index in [2.05, 4.69) is 4.74 Å². The number of carbonyl (C=O) groups excluding carboxylic acids is 1. The number of carbonyl (C=O) groups is 1. The second-order valence-corrected chi connectivity index (χ2v) is 3.88.